The molecular weight excluding hydrogens is 382 g/mol. The van der Waals surface area contributed by atoms with Gasteiger partial charge in [-0.3, -0.25) is 9.59 Å². The summed E-state index contributed by atoms with van der Waals surface area (Å²) >= 11 is 7.49. The Hall–Kier alpha value is -1.89. The number of hydrogen-bond acceptors (Lipinski definition) is 3. The third kappa shape index (κ3) is 5.79. The number of rotatable bonds is 7. The smallest absolute Gasteiger partial charge is 0.279 e. The maximum absolute atomic E-state index is 12.6. The number of para-hydroxylation sites is 1. The van der Waals surface area contributed by atoms with Gasteiger partial charge in [-0.1, -0.05) is 36.6 Å². The SMILES string of the molecule is C[NH+](CC(=O)Nc1ccccc1C(=O)NC1CCCC1)Cc1ccc(Cl)s1. The molecule has 1 heterocycles. The molecule has 0 bridgehead atoms. The number of carbonyl (C=O) groups excluding carboxylic acids is 2. The molecule has 0 saturated heterocycles. The second kappa shape index (κ2) is 9.35. The predicted molar refractivity (Wildman–Crippen MR) is 110 cm³/mol. The molecular formula is C20H25ClN3O2S+. The molecule has 27 heavy (non-hydrogen) atoms. The van der Waals surface area contributed by atoms with Crippen LogP contribution in [0, 0.1) is 0 Å². The molecule has 1 fully saturated rings. The first-order valence-corrected chi connectivity index (χ1v) is 10.5. The number of likely N-dealkylation sites (N-methyl/N-ethyl adjacent to an activating group) is 1. The summed E-state index contributed by atoms with van der Waals surface area (Å²) < 4.78 is 0.754. The van der Waals surface area contributed by atoms with Crippen LogP contribution in [-0.2, 0) is 11.3 Å². The molecule has 1 aliphatic rings. The van der Waals surface area contributed by atoms with E-state index in [1.807, 2.05) is 31.3 Å². The van der Waals surface area contributed by atoms with Crippen LogP contribution in [0.2, 0.25) is 4.34 Å². The first-order chi connectivity index (χ1) is 13.0. The second-order valence-electron chi connectivity index (χ2n) is 7.07. The molecule has 2 aromatic rings. The highest BCUT2D eigenvalue weighted by Gasteiger charge is 2.20. The number of nitrogens with one attached hydrogen (secondary N) is 3. The zero-order valence-corrected chi connectivity index (χ0v) is 17.0. The van der Waals surface area contributed by atoms with Crippen LogP contribution in [0.5, 0.6) is 0 Å². The topological polar surface area (TPSA) is 62.6 Å². The van der Waals surface area contributed by atoms with Gasteiger partial charge in [-0.05, 0) is 37.1 Å². The molecule has 3 N–H and O–H groups in total. The number of halogens is 1. The average Bonchev–Trinajstić information content (AvgIpc) is 3.26. The summed E-state index contributed by atoms with van der Waals surface area (Å²) in [6.07, 6.45) is 4.38. The Balaban J connectivity index is 1.57. The fraction of sp³-hybridized carbons (Fsp3) is 0.400. The van der Waals surface area contributed by atoms with Crippen LogP contribution in [0.3, 0.4) is 0 Å². The normalized spacial score (nSPS) is 15.5. The van der Waals surface area contributed by atoms with Crippen LogP contribution in [0.1, 0.15) is 40.9 Å². The second-order valence-corrected chi connectivity index (χ2v) is 8.86. The van der Waals surface area contributed by atoms with Gasteiger partial charge in [0.2, 0.25) is 0 Å². The lowest BCUT2D eigenvalue weighted by Gasteiger charge is -2.16. The van der Waals surface area contributed by atoms with E-state index in [0.717, 1.165) is 46.3 Å². The Kier molecular flexibility index (Phi) is 6.88. The lowest BCUT2D eigenvalue weighted by molar-refractivity contribution is -0.884. The largest absolute Gasteiger partial charge is 0.349 e. The van der Waals surface area contributed by atoms with Gasteiger partial charge in [-0.15, -0.1) is 11.3 Å². The summed E-state index contributed by atoms with van der Waals surface area (Å²) in [7, 11) is 1.96. The molecule has 144 valence electrons. The minimum Gasteiger partial charge on any atom is -0.349 e. The van der Waals surface area contributed by atoms with Gasteiger partial charge in [-0.25, -0.2) is 0 Å². The van der Waals surface area contributed by atoms with Gasteiger partial charge in [0.05, 0.1) is 27.5 Å². The molecule has 1 aromatic carbocycles. The average molecular weight is 407 g/mol. The van der Waals surface area contributed by atoms with Crippen LogP contribution in [0.4, 0.5) is 5.69 Å². The Morgan fingerprint density at radius 3 is 2.63 bits per heavy atom. The van der Waals surface area contributed by atoms with Gasteiger partial charge in [0.15, 0.2) is 6.54 Å². The number of anilines is 1. The van der Waals surface area contributed by atoms with E-state index in [4.69, 9.17) is 11.6 Å². The van der Waals surface area contributed by atoms with Crippen molar-refractivity contribution in [2.24, 2.45) is 0 Å². The molecule has 5 nitrogen and oxygen atoms in total. The van der Waals surface area contributed by atoms with Crippen molar-refractivity contribution in [1.82, 2.24) is 5.32 Å². The van der Waals surface area contributed by atoms with Crippen molar-refractivity contribution in [3.8, 4) is 0 Å². The third-order valence-electron chi connectivity index (χ3n) is 4.70. The third-order valence-corrected chi connectivity index (χ3v) is 5.93. The van der Waals surface area contributed by atoms with Gasteiger partial charge in [0.1, 0.15) is 6.54 Å². The van der Waals surface area contributed by atoms with E-state index in [0.29, 0.717) is 17.8 Å². The van der Waals surface area contributed by atoms with Gasteiger partial charge < -0.3 is 15.5 Å². The number of carbonyl (C=O) groups is 2. The van der Waals surface area contributed by atoms with Crippen molar-refractivity contribution in [3.63, 3.8) is 0 Å². The van der Waals surface area contributed by atoms with Crippen molar-refractivity contribution in [3.05, 3.63) is 51.2 Å². The van der Waals surface area contributed by atoms with Crippen molar-refractivity contribution in [2.45, 2.75) is 38.3 Å². The molecule has 1 aromatic heterocycles. The molecule has 1 unspecified atom stereocenters. The Morgan fingerprint density at radius 2 is 1.93 bits per heavy atom. The Labute approximate surface area is 168 Å². The summed E-state index contributed by atoms with van der Waals surface area (Å²) in [5.74, 6) is -0.233. The van der Waals surface area contributed by atoms with Crippen molar-refractivity contribution in [2.75, 3.05) is 18.9 Å². The summed E-state index contributed by atoms with van der Waals surface area (Å²) in [6, 6.07) is 11.3. The first kappa shape index (κ1) is 19.9. The van der Waals surface area contributed by atoms with Gasteiger partial charge in [-0.2, -0.15) is 0 Å². The summed E-state index contributed by atoms with van der Waals surface area (Å²) in [4.78, 5) is 27.2. The minimum atomic E-state index is -0.119. The van der Waals surface area contributed by atoms with Crippen molar-refractivity contribution in [1.29, 1.82) is 0 Å². The Bertz CT molecular complexity index is 802. The van der Waals surface area contributed by atoms with E-state index in [9.17, 15) is 9.59 Å². The summed E-state index contributed by atoms with van der Waals surface area (Å²) in [5, 5.41) is 5.97. The van der Waals surface area contributed by atoms with Gasteiger partial charge >= 0.3 is 0 Å². The van der Waals surface area contributed by atoms with Gasteiger partial charge in [0.25, 0.3) is 11.8 Å². The maximum Gasteiger partial charge on any atom is 0.279 e. The zero-order chi connectivity index (χ0) is 19.2. The van der Waals surface area contributed by atoms with E-state index < -0.39 is 0 Å². The van der Waals surface area contributed by atoms with Crippen LogP contribution >= 0.6 is 22.9 Å². The number of thiophene rings is 1. The van der Waals surface area contributed by atoms with Crippen LogP contribution < -0.4 is 15.5 Å². The monoisotopic (exact) mass is 406 g/mol. The summed E-state index contributed by atoms with van der Waals surface area (Å²) in [5.41, 5.74) is 1.07. The fourth-order valence-corrected chi connectivity index (χ4v) is 4.60. The standard InChI is InChI=1S/C20H24ClN3O2S/c1-24(12-15-10-11-18(21)27-15)13-19(25)23-17-9-5-4-8-16(17)20(26)22-14-6-2-3-7-14/h4-5,8-11,14H,2-3,6-7,12-13H2,1H3,(H,22,26)(H,23,25)/p+1. The molecule has 0 radical (unpaired) electrons. The zero-order valence-electron chi connectivity index (χ0n) is 15.4. The molecule has 1 aliphatic carbocycles. The molecule has 7 heteroatoms. The van der Waals surface area contributed by atoms with Gasteiger partial charge in [0, 0.05) is 6.04 Å². The summed E-state index contributed by atoms with van der Waals surface area (Å²) in [6.45, 7) is 1.04. The maximum atomic E-state index is 12.6. The highest BCUT2D eigenvalue weighted by molar-refractivity contribution is 7.16. The van der Waals surface area contributed by atoms with E-state index in [1.54, 1.807) is 12.1 Å². The first-order valence-electron chi connectivity index (χ1n) is 9.26. The van der Waals surface area contributed by atoms with Crippen LogP contribution in [-0.4, -0.2) is 31.4 Å². The quantitative estimate of drug-likeness (QED) is 0.662. The predicted octanol–water partition coefficient (Wildman–Crippen LogP) is 2.73. The molecule has 1 saturated carbocycles. The molecule has 0 aliphatic heterocycles. The Morgan fingerprint density at radius 1 is 1.19 bits per heavy atom. The molecule has 2 amide bonds. The lowest BCUT2D eigenvalue weighted by Crippen LogP contribution is -3.08. The highest BCUT2D eigenvalue weighted by atomic mass is 35.5. The molecule has 1 atom stereocenters. The van der Waals surface area contributed by atoms with E-state index in [-0.39, 0.29) is 17.9 Å². The molecule has 0 spiro atoms. The van der Waals surface area contributed by atoms with Crippen molar-refractivity contribution < 1.29 is 14.5 Å². The fourth-order valence-electron chi connectivity index (χ4n) is 3.40. The minimum absolute atomic E-state index is 0.115. The van der Waals surface area contributed by atoms with E-state index in [1.165, 1.54) is 11.3 Å². The van der Waals surface area contributed by atoms with E-state index >= 15 is 0 Å². The number of benzene rings is 1. The number of hydrogen-bond donors (Lipinski definition) is 3. The highest BCUT2D eigenvalue weighted by Crippen LogP contribution is 2.21. The van der Waals surface area contributed by atoms with E-state index in [2.05, 4.69) is 10.6 Å². The lowest BCUT2D eigenvalue weighted by atomic mass is 10.1. The van der Waals surface area contributed by atoms with Crippen molar-refractivity contribution >= 4 is 40.4 Å². The van der Waals surface area contributed by atoms with Crippen LogP contribution in [0.15, 0.2) is 36.4 Å². The number of quaternary nitrogens is 1. The van der Waals surface area contributed by atoms with Crippen LogP contribution in [0.25, 0.3) is 0 Å². The number of amides is 2. The molecule has 3 rings (SSSR count).